The van der Waals surface area contributed by atoms with Gasteiger partial charge in [-0.2, -0.15) is 4.99 Å². The number of methoxy groups -OCH3 is 1. The quantitative estimate of drug-likeness (QED) is 0.643. The predicted molar refractivity (Wildman–Crippen MR) is 103 cm³/mol. The van der Waals surface area contributed by atoms with Gasteiger partial charge >= 0.3 is 0 Å². The third kappa shape index (κ3) is 3.65. The van der Waals surface area contributed by atoms with Gasteiger partial charge < -0.3 is 9.30 Å². The molecule has 1 heterocycles. The van der Waals surface area contributed by atoms with E-state index in [1.807, 2.05) is 35.8 Å². The molecule has 2 aromatic carbocycles. The lowest BCUT2D eigenvalue weighted by Crippen LogP contribution is -2.19. The molecule has 0 fully saturated rings. The van der Waals surface area contributed by atoms with Crippen LogP contribution in [0, 0.1) is 6.92 Å². The molecule has 0 spiro atoms. The first-order valence-electron chi connectivity index (χ1n) is 7.64. The van der Waals surface area contributed by atoms with Crippen molar-refractivity contribution in [1.82, 2.24) is 4.57 Å². The average molecular weight is 395 g/mol. The number of carbonyl (C=O) groups is 1. The van der Waals surface area contributed by atoms with Crippen molar-refractivity contribution in [3.8, 4) is 0 Å². The standard InChI is InChI=1S/C18H16Cl2N2O2S/c1-11-5-3-4-6-12(11)17(23)21-18-22(9-10-24-2)16-14(25-18)8-7-13(19)15(16)20/h3-8H,9-10H2,1-2H3. The fourth-order valence-electron chi connectivity index (χ4n) is 2.54. The molecule has 3 aromatic rings. The second-order valence-electron chi connectivity index (χ2n) is 5.47. The second-order valence-corrected chi connectivity index (χ2v) is 7.26. The van der Waals surface area contributed by atoms with E-state index >= 15 is 0 Å². The highest BCUT2D eigenvalue weighted by molar-refractivity contribution is 7.16. The fourth-order valence-corrected chi connectivity index (χ4v) is 4.08. The summed E-state index contributed by atoms with van der Waals surface area (Å²) in [7, 11) is 1.62. The Morgan fingerprint density at radius 3 is 2.72 bits per heavy atom. The van der Waals surface area contributed by atoms with Crippen LogP contribution in [0.25, 0.3) is 10.2 Å². The fraction of sp³-hybridized carbons (Fsp3) is 0.222. The minimum atomic E-state index is -0.280. The number of hydrogen-bond donors (Lipinski definition) is 0. The highest BCUT2D eigenvalue weighted by Crippen LogP contribution is 2.32. The number of aryl methyl sites for hydroxylation is 1. The van der Waals surface area contributed by atoms with E-state index in [1.54, 1.807) is 19.2 Å². The molecule has 1 amide bonds. The van der Waals surface area contributed by atoms with Crippen LogP contribution in [-0.2, 0) is 11.3 Å². The number of aromatic nitrogens is 1. The second kappa shape index (κ2) is 7.70. The Morgan fingerprint density at radius 2 is 2.00 bits per heavy atom. The first-order chi connectivity index (χ1) is 12.0. The molecule has 0 aliphatic carbocycles. The number of ether oxygens (including phenoxy) is 1. The molecule has 7 heteroatoms. The van der Waals surface area contributed by atoms with Crippen molar-refractivity contribution >= 4 is 50.7 Å². The Bertz CT molecular complexity index is 1010. The highest BCUT2D eigenvalue weighted by Gasteiger charge is 2.14. The molecule has 0 saturated carbocycles. The molecule has 3 rings (SSSR count). The number of amides is 1. The van der Waals surface area contributed by atoms with E-state index < -0.39 is 0 Å². The van der Waals surface area contributed by atoms with E-state index in [0.29, 0.717) is 33.6 Å². The van der Waals surface area contributed by atoms with Crippen molar-refractivity contribution in [3.05, 3.63) is 62.4 Å². The molecular weight excluding hydrogens is 379 g/mol. The van der Waals surface area contributed by atoms with E-state index in [2.05, 4.69) is 4.99 Å². The number of thiazole rings is 1. The summed E-state index contributed by atoms with van der Waals surface area (Å²) >= 11 is 13.9. The van der Waals surface area contributed by atoms with Crippen LogP contribution in [-0.4, -0.2) is 24.2 Å². The van der Waals surface area contributed by atoms with Gasteiger partial charge in [0.2, 0.25) is 0 Å². The molecule has 0 aliphatic heterocycles. The van der Waals surface area contributed by atoms with Crippen molar-refractivity contribution in [3.63, 3.8) is 0 Å². The van der Waals surface area contributed by atoms with Crippen LogP contribution in [0.2, 0.25) is 10.0 Å². The van der Waals surface area contributed by atoms with Gasteiger partial charge in [0.1, 0.15) is 0 Å². The summed E-state index contributed by atoms with van der Waals surface area (Å²) in [5.74, 6) is -0.280. The maximum atomic E-state index is 12.6. The van der Waals surface area contributed by atoms with Gasteiger partial charge in [-0.05, 0) is 30.7 Å². The number of hydrogen-bond acceptors (Lipinski definition) is 3. The third-order valence-electron chi connectivity index (χ3n) is 3.83. The number of carbonyl (C=O) groups excluding carboxylic acids is 1. The lowest BCUT2D eigenvalue weighted by atomic mass is 10.1. The van der Waals surface area contributed by atoms with Gasteiger partial charge in [-0.3, -0.25) is 4.79 Å². The van der Waals surface area contributed by atoms with E-state index in [1.165, 1.54) is 11.3 Å². The number of halogens is 2. The normalized spacial score (nSPS) is 12.1. The van der Waals surface area contributed by atoms with Crippen LogP contribution in [0.1, 0.15) is 15.9 Å². The number of benzene rings is 2. The average Bonchev–Trinajstić information content (AvgIpc) is 2.94. The molecule has 4 nitrogen and oxygen atoms in total. The van der Waals surface area contributed by atoms with Gasteiger partial charge in [0.25, 0.3) is 5.91 Å². The predicted octanol–water partition coefficient (Wildman–Crippen LogP) is 4.71. The molecular formula is C18H16Cl2N2O2S. The molecule has 0 atom stereocenters. The molecule has 0 N–H and O–H groups in total. The number of rotatable bonds is 4. The molecule has 0 radical (unpaired) electrons. The summed E-state index contributed by atoms with van der Waals surface area (Å²) in [6, 6.07) is 11.0. The minimum absolute atomic E-state index is 0.280. The molecule has 0 unspecified atom stereocenters. The zero-order chi connectivity index (χ0) is 18.0. The number of nitrogens with zero attached hydrogens (tertiary/aromatic N) is 2. The van der Waals surface area contributed by atoms with Crippen LogP contribution in [0.4, 0.5) is 0 Å². The molecule has 1 aromatic heterocycles. The SMILES string of the molecule is COCCn1c(=NC(=O)c2ccccc2C)sc2ccc(Cl)c(Cl)c21. The molecule has 0 saturated heterocycles. The summed E-state index contributed by atoms with van der Waals surface area (Å²) in [5.41, 5.74) is 2.25. The zero-order valence-corrected chi connectivity index (χ0v) is 16.1. The van der Waals surface area contributed by atoms with Gasteiger partial charge in [0.15, 0.2) is 4.80 Å². The maximum absolute atomic E-state index is 12.6. The first kappa shape index (κ1) is 18.1. The van der Waals surface area contributed by atoms with Crippen LogP contribution in [0.5, 0.6) is 0 Å². The summed E-state index contributed by atoms with van der Waals surface area (Å²) in [4.78, 5) is 17.5. The first-order valence-corrected chi connectivity index (χ1v) is 9.21. The Morgan fingerprint density at radius 1 is 1.24 bits per heavy atom. The van der Waals surface area contributed by atoms with Crippen molar-refractivity contribution in [2.75, 3.05) is 13.7 Å². The third-order valence-corrected chi connectivity index (χ3v) is 5.66. The van der Waals surface area contributed by atoms with Gasteiger partial charge in [0, 0.05) is 19.2 Å². The summed E-state index contributed by atoms with van der Waals surface area (Å²) in [6.45, 7) is 2.89. The van der Waals surface area contributed by atoms with Gasteiger partial charge in [-0.1, -0.05) is 52.7 Å². The summed E-state index contributed by atoms with van der Waals surface area (Å²) < 4.78 is 7.98. The lowest BCUT2D eigenvalue weighted by molar-refractivity contribution is 0.0997. The van der Waals surface area contributed by atoms with E-state index in [4.69, 9.17) is 27.9 Å². The van der Waals surface area contributed by atoms with Gasteiger partial charge in [-0.25, -0.2) is 0 Å². The molecule has 0 aliphatic rings. The largest absolute Gasteiger partial charge is 0.383 e. The monoisotopic (exact) mass is 394 g/mol. The van der Waals surface area contributed by atoms with Gasteiger partial charge in [0.05, 0.1) is 26.9 Å². The Labute approximate surface area is 159 Å². The minimum Gasteiger partial charge on any atom is -0.383 e. The molecule has 25 heavy (non-hydrogen) atoms. The van der Waals surface area contributed by atoms with E-state index in [-0.39, 0.29) is 5.91 Å². The van der Waals surface area contributed by atoms with Crippen molar-refractivity contribution < 1.29 is 9.53 Å². The molecule has 130 valence electrons. The van der Waals surface area contributed by atoms with Crippen molar-refractivity contribution in [2.24, 2.45) is 4.99 Å². The smallest absolute Gasteiger partial charge is 0.279 e. The topological polar surface area (TPSA) is 43.6 Å². The number of fused-ring (bicyclic) bond motifs is 1. The summed E-state index contributed by atoms with van der Waals surface area (Å²) in [6.07, 6.45) is 0. The lowest BCUT2D eigenvalue weighted by Gasteiger charge is -2.06. The summed E-state index contributed by atoms with van der Waals surface area (Å²) in [5, 5.41) is 0.922. The van der Waals surface area contributed by atoms with Crippen LogP contribution < -0.4 is 4.80 Å². The Hall–Kier alpha value is -1.66. The van der Waals surface area contributed by atoms with Crippen LogP contribution in [0.15, 0.2) is 41.4 Å². The van der Waals surface area contributed by atoms with Gasteiger partial charge in [-0.15, -0.1) is 0 Å². The Kier molecular flexibility index (Phi) is 5.59. The zero-order valence-electron chi connectivity index (χ0n) is 13.8. The van der Waals surface area contributed by atoms with E-state index in [0.717, 1.165) is 15.8 Å². The molecule has 0 bridgehead atoms. The van der Waals surface area contributed by atoms with Crippen molar-refractivity contribution in [1.29, 1.82) is 0 Å². The van der Waals surface area contributed by atoms with Crippen LogP contribution >= 0.6 is 34.5 Å². The Balaban J connectivity index is 2.19. The van der Waals surface area contributed by atoms with Crippen molar-refractivity contribution in [2.45, 2.75) is 13.5 Å². The highest BCUT2D eigenvalue weighted by atomic mass is 35.5. The van der Waals surface area contributed by atoms with Crippen LogP contribution in [0.3, 0.4) is 0 Å². The maximum Gasteiger partial charge on any atom is 0.279 e. The van der Waals surface area contributed by atoms with E-state index in [9.17, 15) is 4.79 Å².